The largest absolute Gasteiger partial charge is 0.364 e. The summed E-state index contributed by atoms with van der Waals surface area (Å²) >= 11 is 0. The highest BCUT2D eigenvalue weighted by Gasteiger charge is 2.48. The SMILES string of the molecule is CN1CCC2(CC1)c1conc1C[C@H]2N. The topological polar surface area (TPSA) is 55.3 Å². The van der Waals surface area contributed by atoms with Gasteiger partial charge in [-0.15, -0.1) is 0 Å². The van der Waals surface area contributed by atoms with Crippen molar-refractivity contribution < 1.29 is 4.52 Å². The Kier molecular flexibility index (Phi) is 1.91. The van der Waals surface area contributed by atoms with Gasteiger partial charge in [0.25, 0.3) is 0 Å². The van der Waals surface area contributed by atoms with Crippen LogP contribution in [0.1, 0.15) is 24.1 Å². The molecule has 1 aromatic heterocycles. The van der Waals surface area contributed by atoms with Crippen LogP contribution in [-0.4, -0.2) is 36.2 Å². The molecular formula is C11H17N3O. The van der Waals surface area contributed by atoms with E-state index in [1.54, 1.807) is 0 Å². The molecule has 0 unspecified atom stereocenters. The molecule has 0 radical (unpaired) electrons. The van der Waals surface area contributed by atoms with E-state index in [1.165, 1.54) is 5.56 Å². The Morgan fingerprint density at radius 1 is 1.53 bits per heavy atom. The number of aromatic nitrogens is 1. The molecule has 2 heterocycles. The van der Waals surface area contributed by atoms with Crippen molar-refractivity contribution >= 4 is 0 Å². The van der Waals surface area contributed by atoms with Crippen LogP contribution in [0.2, 0.25) is 0 Å². The molecule has 1 aromatic rings. The first kappa shape index (κ1) is 9.36. The summed E-state index contributed by atoms with van der Waals surface area (Å²) in [5, 5.41) is 4.05. The smallest absolute Gasteiger partial charge is 0.127 e. The summed E-state index contributed by atoms with van der Waals surface area (Å²) in [5.74, 6) is 0. The van der Waals surface area contributed by atoms with E-state index in [0.29, 0.717) is 0 Å². The molecule has 1 aliphatic heterocycles. The maximum Gasteiger partial charge on any atom is 0.127 e. The lowest BCUT2D eigenvalue weighted by atomic mass is 9.72. The molecule has 0 aromatic carbocycles. The average molecular weight is 207 g/mol. The number of nitrogens with two attached hydrogens (primary N) is 1. The lowest BCUT2D eigenvalue weighted by Gasteiger charge is -2.40. The minimum Gasteiger partial charge on any atom is -0.364 e. The van der Waals surface area contributed by atoms with Crippen molar-refractivity contribution in [3.63, 3.8) is 0 Å². The zero-order valence-electron chi connectivity index (χ0n) is 9.07. The summed E-state index contributed by atoms with van der Waals surface area (Å²) < 4.78 is 5.07. The van der Waals surface area contributed by atoms with E-state index in [9.17, 15) is 0 Å². The van der Waals surface area contributed by atoms with E-state index in [1.807, 2.05) is 6.26 Å². The second-order valence-corrected chi connectivity index (χ2v) is 4.94. The lowest BCUT2D eigenvalue weighted by molar-refractivity contribution is 0.170. The quantitative estimate of drug-likeness (QED) is 0.674. The van der Waals surface area contributed by atoms with Crippen LogP contribution < -0.4 is 5.73 Å². The zero-order chi connectivity index (χ0) is 10.5. The maximum atomic E-state index is 6.28. The molecule has 0 amide bonds. The molecule has 0 saturated carbocycles. The predicted molar refractivity (Wildman–Crippen MR) is 56.6 cm³/mol. The van der Waals surface area contributed by atoms with Crippen molar-refractivity contribution in [1.29, 1.82) is 0 Å². The Balaban J connectivity index is 1.97. The summed E-state index contributed by atoms with van der Waals surface area (Å²) in [7, 11) is 2.17. The number of hydrogen-bond donors (Lipinski definition) is 1. The highest BCUT2D eigenvalue weighted by Crippen LogP contribution is 2.44. The van der Waals surface area contributed by atoms with Gasteiger partial charge in [0.2, 0.25) is 0 Å². The molecule has 2 N–H and O–H groups in total. The molecule has 1 spiro atoms. The van der Waals surface area contributed by atoms with Crippen LogP contribution in [0.4, 0.5) is 0 Å². The lowest BCUT2D eigenvalue weighted by Crippen LogP contribution is -2.49. The highest BCUT2D eigenvalue weighted by molar-refractivity contribution is 5.36. The standard InChI is InChI=1S/C11H17N3O/c1-14-4-2-11(3-5-14)8-7-15-13-9(8)6-10(11)12/h7,10H,2-6,12H2,1H3/t10-/m1/s1. The van der Waals surface area contributed by atoms with Crippen LogP contribution in [0, 0.1) is 0 Å². The van der Waals surface area contributed by atoms with E-state index >= 15 is 0 Å². The van der Waals surface area contributed by atoms with Crippen molar-refractivity contribution in [2.75, 3.05) is 20.1 Å². The summed E-state index contributed by atoms with van der Waals surface area (Å²) in [6.07, 6.45) is 4.97. The fourth-order valence-corrected chi connectivity index (χ4v) is 3.07. The van der Waals surface area contributed by atoms with E-state index in [2.05, 4.69) is 17.1 Å². The van der Waals surface area contributed by atoms with Crippen molar-refractivity contribution in [3.05, 3.63) is 17.5 Å². The van der Waals surface area contributed by atoms with Gasteiger partial charge in [-0.3, -0.25) is 0 Å². The van der Waals surface area contributed by atoms with E-state index < -0.39 is 0 Å². The Morgan fingerprint density at radius 3 is 3.00 bits per heavy atom. The highest BCUT2D eigenvalue weighted by atomic mass is 16.5. The van der Waals surface area contributed by atoms with Crippen molar-refractivity contribution in [2.45, 2.75) is 30.7 Å². The average Bonchev–Trinajstić information content (AvgIpc) is 2.75. The number of fused-ring (bicyclic) bond motifs is 2. The molecule has 82 valence electrons. The first-order chi connectivity index (χ1) is 7.22. The second kappa shape index (κ2) is 3.06. The summed E-state index contributed by atoms with van der Waals surface area (Å²) in [5.41, 5.74) is 8.81. The van der Waals surface area contributed by atoms with E-state index in [0.717, 1.165) is 38.0 Å². The molecule has 2 aliphatic rings. The Labute approximate surface area is 89.4 Å². The van der Waals surface area contributed by atoms with Gasteiger partial charge in [-0.1, -0.05) is 5.16 Å². The molecule has 1 fully saturated rings. The molecule has 1 atom stereocenters. The Bertz CT molecular complexity index is 366. The molecule has 0 bridgehead atoms. The van der Waals surface area contributed by atoms with Crippen LogP contribution in [-0.2, 0) is 11.8 Å². The summed E-state index contributed by atoms with van der Waals surface area (Å²) in [6, 6.07) is 0.236. The number of likely N-dealkylation sites (tertiary alicyclic amines) is 1. The maximum absolute atomic E-state index is 6.28. The minimum atomic E-state index is 0.155. The minimum absolute atomic E-state index is 0.155. The normalized spacial score (nSPS) is 29.6. The number of piperidine rings is 1. The van der Waals surface area contributed by atoms with Gasteiger partial charge >= 0.3 is 0 Å². The van der Waals surface area contributed by atoms with Gasteiger partial charge in [0.15, 0.2) is 0 Å². The number of rotatable bonds is 0. The molecule has 4 heteroatoms. The summed E-state index contributed by atoms with van der Waals surface area (Å²) in [4.78, 5) is 2.36. The van der Waals surface area contributed by atoms with Gasteiger partial charge in [0, 0.05) is 23.4 Å². The van der Waals surface area contributed by atoms with Gasteiger partial charge in [0.1, 0.15) is 6.26 Å². The second-order valence-electron chi connectivity index (χ2n) is 4.94. The van der Waals surface area contributed by atoms with Crippen LogP contribution in [0.3, 0.4) is 0 Å². The molecule has 15 heavy (non-hydrogen) atoms. The predicted octanol–water partition coefficient (Wildman–Crippen LogP) is 0.521. The van der Waals surface area contributed by atoms with Crippen LogP contribution in [0.25, 0.3) is 0 Å². The molecule has 4 nitrogen and oxygen atoms in total. The van der Waals surface area contributed by atoms with Gasteiger partial charge in [0.05, 0.1) is 5.69 Å². The Morgan fingerprint density at radius 2 is 2.27 bits per heavy atom. The number of hydrogen-bond acceptors (Lipinski definition) is 4. The third-order valence-corrected chi connectivity index (χ3v) is 4.18. The third-order valence-electron chi connectivity index (χ3n) is 4.18. The Hall–Kier alpha value is -0.870. The van der Waals surface area contributed by atoms with Crippen molar-refractivity contribution in [3.8, 4) is 0 Å². The van der Waals surface area contributed by atoms with Gasteiger partial charge < -0.3 is 15.2 Å². The fourth-order valence-electron chi connectivity index (χ4n) is 3.07. The van der Waals surface area contributed by atoms with Crippen LogP contribution >= 0.6 is 0 Å². The van der Waals surface area contributed by atoms with Crippen molar-refractivity contribution in [1.82, 2.24) is 10.1 Å². The van der Waals surface area contributed by atoms with Crippen LogP contribution in [0.15, 0.2) is 10.8 Å². The van der Waals surface area contributed by atoms with E-state index in [-0.39, 0.29) is 11.5 Å². The monoisotopic (exact) mass is 207 g/mol. The summed E-state index contributed by atoms with van der Waals surface area (Å²) in [6.45, 7) is 2.25. The van der Waals surface area contributed by atoms with Gasteiger partial charge in [-0.2, -0.15) is 0 Å². The third kappa shape index (κ3) is 1.18. The zero-order valence-corrected chi connectivity index (χ0v) is 9.07. The van der Waals surface area contributed by atoms with Gasteiger partial charge in [-0.05, 0) is 33.0 Å². The van der Waals surface area contributed by atoms with Gasteiger partial charge in [-0.25, -0.2) is 0 Å². The fraction of sp³-hybridized carbons (Fsp3) is 0.727. The van der Waals surface area contributed by atoms with E-state index in [4.69, 9.17) is 10.3 Å². The molecule has 1 aliphatic carbocycles. The first-order valence-electron chi connectivity index (χ1n) is 5.60. The van der Waals surface area contributed by atoms with Crippen LogP contribution in [0.5, 0.6) is 0 Å². The molecule has 3 rings (SSSR count). The first-order valence-corrected chi connectivity index (χ1v) is 5.60. The molecular weight excluding hydrogens is 190 g/mol. The molecule has 1 saturated heterocycles. The van der Waals surface area contributed by atoms with Crippen molar-refractivity contribution in [2.24, 2.45) is 5.73 Å². The number of nitrogens with zero attached hydrogens (tertiary/aromatic N) is 2.